The summed E-state index contributed by atoms with van der Waals surface area (Å²) in [5.74, 6) is 0.828. The second kappa shape index (κ2) is 6.46. The zero-order chi connectivity index (χ0) is 11.3. The summed E-state index contributed by atoms with van der Waals surface area (Å²) in [4.78, 5) is 2.52. The van der Waals surface area contributed by atoms with E-state index >= 15 is 0 Å². The zero-order valence-electron chi connectivity index (χ0n) is 10.4. The summed E-state index contributed by atoms with van der Waals surface area (Å²) in [5, 5.41) is 0. The van der Waals surface area contributed by atoms with Crippen molar-refractivity contribution >= 4 is 0 Å². The van der Waals surface area contributed by atoms with Crippen molar-refractivity contribution in [1.82, 2.24) is 4.90 Å². The molecule has 15 heavy (non-hydrogen) atoms. The van der Waals surface area contributed by atoms with Gasteiger partial charge >= 0.3 is 0 Å². The van der Waals surface area contributed by atoms with Gasteiger partial charge in [-0.2, -0.15) is 0 Å². The predicted molar refractivity (Wildman–Crippen MR) is 63.9 cm³/mol. The van der Waals surface area contributed by atoms with Crippen molar-refractivity contribution in [1.29, 1.82) is 0 Å². The van der Waals surface area contributed by atoms with Gasteiger partial charge in [-0.15, -0.1) is 0 Å². The Morgan fingerprint density at radius 3 is 2.87 bits per heavy atom. The Morgan fingerprint density at radius 1 is 1.53 bits per heavy atom. The lowest BCUT2D eigenvalue weighted by Crippen LogP contribution is -2.51. The Balaban J connectivity index is 2.43. The van der Waals surface area contributed by atoms with Crippen molar-refractivity contribution in [3.63, 3.8) is 0 Å². The van der Waals surface area contributed by atoms with Gasteiger partial charge in [0.1, 0.15) is 0 Å². The number of ether oxygens (including phenoxy) is 1. The first-order chi connectivity index (χ1) is 7.19. The minimum absolute atomic E-state index is 0.506. The molecule has 0 bridgehead atoms. The molecule has 0 radical (unpaired) electrons. The van der Waals surface area contributed by atoms with Crippen molar-refractivity contribution in [3.8, 4) is 0 Å². The minimum atomic E-state index is 0.506. The molecule has 1 rings (SSSR count). The van der Waals surface area contributed by atoms with E-state index in [1.54, 1.807) is 0 Å². The monoisotopic (exact) mass is 214 g/mol. The third-order valence-electron chi connectivity index (χ3n) is 3.42. The van der Waals surface area contributed by atoms with Gasteiger partial charge in [0, 0.05) is 25.2 Å². The number of hydrogen-bond acceptors (Lipinski definition) is 3. The van der Waals surface area contributed by atoms with E-state index in [1.165, 1.54) is 19.4 Å². The van der Waals surface area contributed by atoms with Gasteiger partial charge in [0.15, 0.2) is 0 Å². The third kappa shape index (κ3) is 3.74. The highest BCUT2D eigenvalue weighted by Gasteiger charge is 2.28. The molecule has 1 heterocycles. The molecule has 90 valence electrons. The maximum atomic E-state index is 5.84. The molecule has 0 aromatic carbocycles. The van der Waals surface area contributed by atoms with Crippen LogP contribution in [-0.4, -0.2) is 43.3 Å². The summed E-state index contributed by atoms with van der Waals surface area (Å²) in [6.07, 6.45) is 2.54. The van der Waals surface area contributed by atoms with Crippen molar-refractivity contribution in [2.45, 2.75) is 45.7 Å². The van der Waals surface area contributed by atoms with Gasteiger partial charge < -0.3 is 10.5 Å². The van der Waals surface area contributed by atoms with E-state index in [9.17, 15) is 0 Å². The van der Waals surface area contributed by atoms with Crippen LogP contribution in [0.15, 0.2) is 0 Å². The first kappa shape index (κ1) is 12.9. The fourth-order valence-corrected chi connectivity index (χ4v) is 2.47. The lowest BCUT2D eigenvalue weighted by molar-refractivity contribution is 0.0260. The van der Waals surface area contributed by atoms with Gasteiger partial charge in [-0.25, -0.2) is 0 Å². The molecule has 3 unspecified atom stereocenters. The number of hydrogen-bond donors (Lipinski definition) is 1. The number of piperidine rings is 1. The van der Waals surface area contributed by atoms with Crippen LogP contribution in [0.2, 0.25) is 0 Å². The SMILES string of the molecule is CCOCC(C)N1CCC(C)CC1CN. The van der Waals surface area contributed by atoms with E-state index in [0.29, 0.717) is 12.1 Å². The fourth-order valence-electron chi connectivity index (χ4n) is 2.47. The van der Waals surface area contributed by atoms with Crippen molar-refractivity contribution in [2.24, 2.45) is 11.7 Å². The molecule has 1 saturated heterocycles. The fraction of sp³-hybridized carbons (Fsp3) is 1.00. The van der Waals surface area contributed by atoms with Gasteiger partial charge in [0.25, 0.3) is 0 Å². The summed E-state index contributed by atoms with van der Waals surface area (Å²) in [6, 6.07) is 1.07. The third-order valence-corrected chi connectivity index (χ3v) is 3.42. The second-order valence-corrected chi connectivity index (χ2v) is 4.77. The average Bonchev–Trinajstić information content (AvgIpc) is 2.25. The molecule has 0 saturated carbocycles. The molecular weight excluding hydrogens is 188 g/mol. The number of rotatable bonds is 5. The minimum Gasteiger partial charge on any atom is -0.380 e. The van der Waals surface area contributed by atoms with Gasteiger partial charge in [-0.05, 0) is 39.2 Å². The van der Waals surface area contributed by atoms with Crippen LogP contribution in [0.5, 0.6) is 0 Å². The van der Waals surface area contributed by atoms with Gasteiger partial charge in [0.2, 0.25) is 0 Å². The zero-order valence-corrected chi connectivity index (χ0v) is 10.4. The Labute approximate surface area is 94.0 Å². The molecule has 1 aliphatic rings. The van der Waals surface area contributed by atoms with E-state index in [-0.39, 0.29) is 0 Å². The molecule has 2 N–H and O–H groups in total. The molecule has 0 aromatic heterocycles. The first-order valence-electron chi connectivity index (χ1n) is 6.22. The smallest absolute Gasteiger partial charge is 0.0619 e. The Hall–Kier alpha value is -0.120. The molecule has 3 heteroatoms. The van der Waals surface area contributed by atoms with E-state index in [1.807, 2.05) is 6.92 Å². The highest BCUT2D eigenvalue weighted by Crippen LogP contribution is 2.23. The van der Waals surface area contributed by atoms with Gasteiger partial charge in [0.05, 0.1) is 6.61 Å². The molecule has 0 aromatic rings. The van der Waals surface area contributed by atoms with Gasteiger partial charge in [-0.1, -0.05) is 6.92 Å². The highest BCUT2D eigenvalue weighted by molar-refractivity contribution is 4.84. The largest absolute Gasteiger partial charge is 0.380 e. The molecule has 3 atom stereocenters. The summed E-state index contributed by atoms with van der Waals surface area (Å²) in [7, 11) is 0. The van der Waals surface area contributed by atoms with Crippen molar-refractivity contribution in [3.05, 3.63) is 0 Å². The maximum Gasteiger partial charge on any atom is 0.0619 e. The van der Waals surface area contributed by atoms with Crippen molar-refractivity contribution < 1.29 is 4.74 Å². The average molecular weight is 214 g/mol. The van der Waals surface area contributed by atoms with Crippen LogP contribution in [0, 0.1) is 5.92 Å². The van der Waals surface area contributed by atoms with E-state index in [2.05, 4.69) is 18.7 Å². The van der Waals surface area contributed by atoms with Crippen LogP contribution in [0.3, 0.4) is 0 Å². The number of nitrogens with two attached hydrogens (primary N) is 1. The van der Waals surface area contributed by atoms with Crippen LogP contribution in [0.25, 0.3) is 0 Å². The Morgan fingerprint density at radius 2 is 2.27 bits per heavy atom. The molecule has 1 fully saturated rings. The molecular formula is C12H26N2O. The summed E-state index contributed by atoms with van der Waals surface area (Å²) >= 11 is 0. The summed E-state index contributed by atoms with van der Waals surface area (Å²) in [6.45, 7) is 10.2. The molecule has 3 nitrogen and oxygen atoms in total. The molecule has 0 amide bonds. The number of likely N-dealkylation sites (tertiary alicyclic amines) is 1. The Bertz CT molecular complexity index is 175. The second-order valence-electron chi connectivity index (χ2n) is 4.77. The van der Waals surface area contributed by atoms with Crippen LogP contribution < -0.4 is 5.73 Å². The van der Waals surface area contributed by atoms with E-state index in [4.69, 9.17) is 10.5 Å². The van der Waals surface area contributed by atoms with Crippen LogP contribution in [-0.2, 0) is 4.74 Å². The highest BCUT2D eigenvalue weighted by atomic mass is 16.5. The number of nitrogens with zero attached hydrogens (tertiary/aromatic N) is 1. The summed E-state index contributed by atoms with van der Waals surface area (Å²) in [5.41, 5.74) is 5.84. The first-order valence-corrected chi connectivity index (χ1v) is 6.22. The molecule has 0 spiro atoms. The quantitative estimate of drug-likeness (QED) is 0.753. The standard InChI is InChI=1S/C12H26N2O/c1-4-15-9-11(3)14-6-5-10(2)7-12(14)8-13/h10-12H,4-9,13H2,1-3H3. The van der Waals surface area contributed by atoms with E-state index in [0.717, 1.165) is 25.7 Å². The lowest BCUT2D eigenvalue weighted by Gasteiger charge is -2.41. The van der Waals surface area contributed by atoms with Crippen LogP contribution >= 0.6 is 0 Å². The summed E-state index contributed by atoms with van der Waals surface area (Å²) < 4.78 is 5.49. The molecule has 1 aliphatic heterocycles. The predicted octanol–water partition coefficient (Wildman–Crippen LogP) is 1.47. The van der Waals surface area contributed by atoms with Crippen LogP contribution in [0.4, 0.5) is 0 Å². The van der Waals surface area contributed by atoms with E-state index < -0.39 is 0 Å². The normalized spacial score (nSPS) is 30.4. The molecule has 0 aliphatic carbocycles. The van der Waals surface area contributed by atoms with Crippen LogP contribution in [0.1, 0.15) is 33.6 Å². The lowest BCUT2D eigenvalue weighted by atomic mass is 9.91. The topological polar surface area (TPSA) is 38.5 Å². The van der Waals surface area contributed by atoms with Gasteiger partial charge in [-0.3, -0.25) is 4.90 Å². The Kier molecular flexibility index (Phi) is 5.58. The van der Waals surface area contributed by atoms with Crippen molar-refractivity contribution in [2.75, 3.05) is 26.3 Å². The maximum absolute atomic E-state index is 5.84.